The highest BCUT2D eigenvalue weighted by atomic mass is 35.5. The van der Waals surface area contributed by atoms with Gasteiger partial charge < -0.3 is 15.0 Å². The van der Waals surface area contributed by atoms with Gasteiger partial charge in [0.05, 0.1) is 17.7 Å². The first kappa shape index (κ1) is 31.0. The maximum Gasteiger partial charge on any atom is 0.264 e. The van der Waals surface area contributed by atoms with E-state index in [1.54, 1.807) is 43.3 Å². The van der Waals surface area contributed by atoms with E-state index in [0.717, 1.165) is 22.7 Å². The molecule has 0 bridgehead atoms. The summed E-state index contributed by atoms with van der Waals surface area (Å²) < 4.78 is 33.9. The Balaban J connectivity index is 1.94. The highest BCUT2D eigenvalue weighted by Gasteiger charge is 2.32. The zero-order chi connectivity index (χ0) is 29.1. The van der Waals surface area contributed by atoms with Gasteiger partial charge >= 0.3 is 0 Å². The fourth-order valence-electron chi connectivity index (χ4n) is 4.12. The second kappa shape index (κ2) is 14.7. The van der Waals surface area contributed by atoms with Gasteiger partial charge in [0.2, 0.25) is 11.8 Å². The molecular formula is C30H36ClN3O5S. The summed E-state index contributed by atoms with van der Waals surface area (Å²) in [6, 6.07) is 21.0. The number of rotatable bonds is 14. The molecule has 0 spiro atoms. The van der Waals surface area contributed by atoms with E-state index < -0.39 is 28.5 Å². The van der Waals surface area contributed by atoms with E-state index in [2.05, 4.69) is 5.32 Å². The first-order valence-corrected chi connectivity index (χ1v) is 15.0. The highest BCUT2D eigenvalue weighted by molar-refractivity contribution is 7.92. The van der Waals surface area contributed by atoms with Gasteiger partial charge in [-0.2, -0.15) is 0 Å². The minimum atomic E-state index is -4.16. The molecule has 0 saturated carbocycles. The zero-order valence-electron chi connectivity index (χ0n) is 23.0. The summed E-state index contributed by atoms with van der Waals surface area (Å²) in [6.45, 7) is 3.93. The van der Waals surface area contributed by atoms with Gasteiger partial charge in [0.1, 0.15) is 18.3 Å². The molecule has 0 unspecified atom stereocenters. The number of benzene rings is 3. The van der Waals surface area contributed by atoms with Crippen LogP contribution in [0.3, 0.4) is 0 Å². The predicted molar refractivity (Wildman–Crippen MR) is 158 cm³/mol. The van der Waals surface area contributed by atoms with Crippen LogP contribution in [0.25, 0.3) is 0 Å². The topological polar surface area (TPSA) is 96.0 Å². The van der Waals surface area contributed by atoms with Gasteiger partial charge in [-0.3, -0.25) is 13.9 Å². The smallest absolute Gasteiger partial charge is 0.264 e. The van der Waals surface area contributed by atoms with Crippen molar-refractivity contribution < 1.29 is 22.7 Å². The van der Waals surface area contributed by atoms with Gasteiger partial charge in [0.15, 0.2) is 0 Å². The lowest BCUT2D eigenvalue weighted by Gasteiger charge is -2.32. The van der Waals surface area contributed by atoms with Crippen LogP contribution in [0.5, 0.6) is 5.75 Å². The molecule has 0 aliphatic rings. The number of hydrogen-bond acceptors (Lipinski definition) is 5. The van der Waals surface area contributed by atoms with Crippen LogP contribution < -0.4 is 14.4 Å². The first-order chi connectivity index (χ1) is 19.2. The average molecular weight is 586 g/mol. The average Bonchev–Trinajstić information content (AvgIpc) is 2.97. The largest absolute Gasteiger partial charge is 0.497 e. The minimum absolute atomic E-state index is 0.00255. The molecule has 40 heavy (non-hydrogen) atoms. The number of methoxy groups -OCH3 is 1. The Morgan fingerprint density at radius 1 is 0.975 bits per heavy atom. The van der Waals surface area contributed by atoms with E-state index in [1.165, 1.54) is 24.1 Å². The van der Waals surface area contributed by atoms with Crippen molar-refractivity contribution in [3.8, 4) is 5.75 Å². The van der Waals surface area contributed by atoms with Crippen molar-refractivity contribution in [2.45, 2.75) is 44.0 Å². The molecule has 1 atom stereocenters. The fraction of sp³-hybridized carbons (Fsp3) is 0.333. The number of unbranched alkanes of at least 4 members (excludes halogenated alkanes) is 1. The number of amides is 2. The molecule has 0 aromatic heterocycles. The molecule has 0 saturated heterocycles. The summed E-state index contributed by atoms with van der Waals surface area (Å²) in [5, 5.41) is 3.31. The van der Waals surface area contributed by atoms with Gasteiger partial charge in [0, 0.05) is 18.1 Å². The Bertz CT molecular complexity index is 1350. The molecule has 0 fully saturated rings. The van der Waals surface area contributed by atoms with E-state index in [0.29, 0.717) is 23.7 Å². The van der Waals surface area contributed by atoms with Crippen molar-refractivity contribution in [2.24, 2.45) is 0 Å². The number of hydrogen-bond donors (Lipinski definition) is 1. The molecular weight excluding hydrogens is 550 g/mol. The molecule has 214 valence electrons. The fourth-order valence-corrected chi connectivity index (χ4v) is 5.66. The summed E-state index contributed by atoms with van der Waals surface area (Å²) in [4.78, 5) is 28.3. The molecule has 3 rings (SSSR count). The molecule has 0 aliphatic carbocycles. The number of anilines is 1. The second-order valence-corrected chi connectivity index (χ2v) is 11.6. The first-order valence-electron chi connectivity index (χ1n) is 13.2. The number of halogens is 1. The Morgan fingerprint density at radius 3 is 2.23 bits per heavy atom. The molecule has 1 N–H and O–H groups in total. The number of nitrogens with one attached hydrogen (secondary N) is 1. The molecule has 2 amide bonds. The maximum atomic E-state index is 13.9. The number of carbonyl (C=O) groups excluding carboxylic acids is 2. The summed E-state index contributed by atoms with van der Waals surface area (Å²) in [6.07, 6.45) is 2.25. The van der Waals surface area contributed by atoms with E-state index in [-0.39, 0.29) is 23.0 Å². The minimum Gasteiger partial charge on any atom is -0.497 e. The van der Waals surface area contributed by atoms with Gasteiger partial charge in [-0.15, -0.1) is 0 Å². The van der Waals surface area contributed by atoms with E-state index in [4.69, 9.17) is 16.3 Å². The van der Waals surface area contributed by atoms with Crippen LogP contribution in [0.15, 0.2) is 83.8 Å². The third-order valence-electron chi connectivity index (χ3n) is 6.52. The second-order valence-electron chi connectivity index (χ2n) is 9.31. The van der Waals surface area contributed by atoms with Crippen LogP contribution >= 0.6 is 11.6 Å². The molecule has 0 aliphatic heterocycles. The van der Waals surface area contributed by atoms with E-state index >= 15 is 0 Å². The number of ether oxygens (including phenoxy) is 1. The van der Waals surface area contributed by atoms with E-state index in [9.17, 15) is 18.0 Å². The summed E-state index contributed by atoms with van der Waals surface area (Å²) in [7, 11) is -2.67. The lowest BCUT2D eigenvalue weighted by atomic mass is 10.1. The normalized spacial score (nSPS) is 11.9. The van der Waals surface area contributed by atoms with Gasteiger partial charge in [-0.05, 0) is 73.9 Å². The zero-order valence-corrected chi connectivity index (χ0v) is 24.6. The van der Waals surface area contributed by atoms with Crippen molar-refractivity contribution in [3.63, 3.8) is 0 Å². The van der Waals surface area contributed by atoms with Crippen molar-refractivity contribution in [2.75, 3.05) is 31.0 Å². The standard InChI is InChI=1S/C30H36ClN3O5S/c1-4-5-20-32-30(36)23(2)33(21-19-24-9-7-6-8-10-24)29(35)22-34(26-13-11-25(31)12-14-26)40(37,38)28-17-15-27(39-3)16-18-28/h6-18,23H,4-5,19-22H2,1-3H3,(H,32,36)/t23-/m1/s1. The SMILES string of the molecule is CCCCNC(=O)[C@@H](C)N(CCc1ccccc1)C(=O)CN(c1ccc(Cl)cc1)S(=O)(=O)c1ccc(OC)cc1. The molecule has 0 radical (unpaired) electrons. The lowest BCUT2D eigenvalue weighted by molar-refractivity contribution is -0.138. The van der Waals surface area contributed by atoms with Gasteiger partial charge in [-0.1, -0.05) is 55.3 Å². The Hall–Kier alpha value is -3.56. The van der Waals surface area contributed by atoms with Gasteiger partial charge in [0.25, 0.3) is 10.0 Å². The number of sulfonamides is 1. The van der Waals surface area contributed by atoms with Crippen LogP contribution in [-0.4, -0.2) is 57.9 Å². The van der Waals surface area contributed by atoms with Crippen LogP contribution in [0.4, 0.5) is 5.69 Å². The van der Waals surface area contributed by atoms with Crippen molar-refractivity contribution in [1.82, 2.24) is 10.2 Å². The predicted octanol–water partition coefficient (Wildman–Crippen LogP) is 4.92. The Morgan fingerprint density at radius 2 is 1.62 bits per heavy atom. The molecule has 3 aromatic carbocycles. The summed E-state index contributed by atoms with van der Waals surface area (Å²) in [5.41, 5.74) is 1.27. The van der Waals surface area contributed by atoms with Crippen LogP contribution in [0.1, 0.15) is 32.3 Å². The van der Waals surface area contributed by atoms with Crippen LogP contribution in [0.2, 0.25) is 5.02 Å². The van der Waals surface area contributed by atoms with Crippen molar-refractivity contribution in [3.05, 3.63) is 89.4 Å². The van der Waals surface area contributed by atoms with Crippen LogP contribution in [0, 0.1) is 0 Å². The third-order valence-corrected chi connectivity index (χ3v) is 8.56. The molecule has 8 nitrogen and oxygen atoms in total. The Labute approximate surface area is 241 Å². The van der Waals surface area contributed by atoms with Crippen molar-refractivity contribution >= 4 is 39.1 Å². The highest BCUT2D eigenvalue weighted by Crippen LogP contribution is 2.27. The van der Waals surface area contributed by atoms with E-state index in [1.807, 2.05) is 37.3 Å². The summed E-state index contributed by atoms with van der Waals surface area (Å²) in [5.74, 6) is -0.282. The monoisotopic (exact) mass is 585 g/mol. The molecule has 3 aromatic rings. The molecule has 0 heterocycles. The number of carbonyl (C=O) groups is 2. The maximum absolute atomic E-state index is 13.9. The Kier molecular flexibility index (Phi) is 11.4. The third kappa shape index (κ3) is 8.22. The van der Waals surface area contributed by atoms with Crippen LogP contribution in [-0.2, 0) is 26.0 Å². The van der Waals surface area contributed by atoms with Crippen molar-refractivity contribution in [1.29, 1.82) is 0 Å². The lowest BCUT2D eigenvalue weighted by Crippen LogP contribution is -2.52. The summed E-state index contributed by atoms with van der Waals surface area (Å²) >= 11 is 6.06. The number of nitrogens with zero attached hydrogens (tertiary/aromatic N) is 2. The van der Waals surface area contributed by atoms with Gasteiger partial charge in [-0.25, -0.2) is 8.42 Å². The quantitative estimate of drug-likeness (QED) is 0.271. The molecule has 10 heteroatoms.